The zero-order chi connectivity index (χ0) is 45.3. The van der Waals surface area contributed by atoms with Crippen molar-refractivity contribution in [2.75, 3.05) is 58.1 Å². The molecule has 2 aromatic carbocycles. The number of pyridine rings is 1. The maximum atomic E-state index is 17.9. The van der Waals surface area contributed by atoms with E-state index in [2.05, 4.69) is 64.0 Å². The van der Waals surface area contributed by atoms with Crippen LogP contribution in [0.1, 0.15) is 100.0 Å². The number of aromatic nitrogens is 3. The van der Waals surface area contributed by atoms with E-state index in [0.717, 1.165) is 55.1 Å². The first-order valence-corrected chi connectivity index (χ1v) is 24.8. The summed E-state index contributed by atoms with van der Waals surface area (Å²) in [6, 6.07) is 11.5. The molecule has 0 aliphatic carbocycles. The zero-order valence-corrected chi connectivity index (χ0v) is 39.8. The summed E-state index contributed by atoms with van der Waals surface area (Å²) in [6.45, 7) is 22.5. The third kappa shape index (κ3) is 9.18. The number of hydrogen-bond donors (Lipinski definition) is 0. The SMILES string of the molecule is COCOc1cc(-c2ncc3c(N4CCN(C(=O)OC(C)(C)C)[C@@H](CC#N)C4)nc(OCC45CCCN4CCC5)nc3c2F)c2c(C#C[Si](C(C)C)(C(C)C)C(C)C)cccc2c1. The molecule has 3 fully saturated rings. The van der Waals surface area contributed by atoms with Crippen LogP contribution < -0.4 is 14.4 Å². The molecule has 0 spiro atoms. The summed E-state index contributed by atoms with van der Waals surface area (Å²) < 4.78 is 41.4. The van der Waals surface area contributed by atoms with Gasteiger partial charge in [0.1, 0.15) is 43.1 Å². The average molecular weight is 878 g/mol. The average Bonchev–Trinajstić information content (AvgIpc) is 3.82. The Kier molecular flexibility index (Phi) is 13.6. The molecular weight excluding hydrogens is 814 g/mol. The van der Waals surface area contributed by atoms with Gasteiger partial charge >= 0.3 is 12.1 Å². The summed E-state index contributed by atoms with van der Waals surface area (Å²) in [6.07, 6.45) is 5.46. The van der Waals surface area contributed by atoms with Crippen LogP contribution in [-0.2, 0) is 9.47 Å². The summed E-state index contributed by atoms with van der Waals surface area (Å²) in [5, 5.41) is 11.9. The Morgan fingerprint density at radius 3 is 2.37 bits per heavy atom. The highest BCUT2D eigenvalue weighted by atomic mass is 28.3. The van der Waals surface area contributed by atoms with Crippen LogP contribution in [-0.4, -0.2) is 109 Å². The second kappa shape index (κ2) is 18.6. The molecule has 0 N–H and O–H groups in total. The topological polar surface area (TPSA) is 126 Å². The maximum Gasteiger partial charge on any atom is 0.410 e. The van der Waals surface area contributed by atoms with E-state index in [4.69, 9.17) is 33.9 Å². The Morgan fingerprint density at radius 2 is 1.71 bits per heavy atom. The molecule has 336 valence electrons. The van der Waals surface area contributed by atoms with Crippen molar-refractivity contribution in [3.05, 3.63) is 47.9 Å². The lowest BCUT2D eigenvalue weighted by molar-refractivity contribution is 0.0145. The number of benzene rings is 2. The maximum absolute atomic E-state index is 17.9. The molecule has 4 aromatic rings. The van der Waals surface area contributed by atoms with Crippen molar-refractivity contribution in [3.63, 3.8) is 0 Å². The van der Waals surface area contributed by atoms with Crippen LogP contribution in [0.15, 0.2) is 36.5 Å². The van der Waals surface area contributed by atoms with Gasteiger partial charge in [-0.2, -0.15) is 15.2 Å². The molecule has 3 aliphatic rings. The fraction of sp³-hybridized carbons (Fsp3) is 0.571. The molecule has 5 heterocycles. The number of hydrogen-bond acceptors (Lipinski definition) is 11. The molecule has 0 radical (unpaired) electrons. The number of anilines is 1. The number of rotatable bonds is 12. The van der Waals surface area contributed by atoms with Crippen LogP contribution >= 0.6 is 0 Å². The highest BCUT2D eigenvalue weighted by Gasteiger charge is 2.45. The third-order valence-electron chi connectivity index (χ3n) is 13.5. The van der Waals surface area contributed by atoms with Crippen LogP contribution in [0.25, 0.3) is 32.9 Å². The van der Waals surface area contributed by atoms with Gasteiger partial charge in [-0.05, 0) is 99.8 Å². The largest absolute Gasteiger partial charge is 0.468 e. The lowest BCUT2D eigenvalue weighted by Gasteiger charge is -2.41. The normalized spacial score (nSPS) is 18.0. The molecule has 0 saturated carbocycles. The predicted octanol–water partition coefficient (Wildman–Crippen LogP) is 9.88. The first-order chi connectivity index (χ1) is 30.0. The summed E-state index contributed by atoms with van der Waals surface area (Å²) in [4.78, 5) is 34.1. The van der Waals surface area contributed by atoms with Gasteiger partial charge in [0.2, 0.25) is 0 Å². The van der Waals surface area contributed by atoms with Gasteiger partial charge < -0.3 is 28.7 Å². The molecular formula is C49H64FN7O5Si. The van der Waals surface area contributed by atoms with Gasteiger partial charge in [-0.25, -0.2) is 9.18 Å². The zero-order valence-electron chi connectivity index (χ0n) is 38.8. The van der Waals surface area contributed by atoms with Crippen LogP contribution in [0.4, 0.5) is 15.0 Å². The van der Waals surface area contributed by atoms with Crippen molar-refractivity contribution in [1.82, 2.24) is 24.8 Å². The van der Waals surface area contributed by atoms with Crippen LogP contribution in [0.2, 0.25) is 16.6 Å². The second-order valence-corrected chi connectivity index (χ2v) is 25.0. The molecule has 14 heteroatoms. The van der Waals surface area contributed by atoms with E-state index >= 15 is 4.39 Å². The molecule has 63 heavy (non-hydrogen) atoms. The summed E-state index contributed by atoms with van der Waals surface area (Å²) in [5.41, 5.74) is 5.82. The molecule has 2 aromatic heterocycles. The van der Waals surface area contributed by atoms with E-state index in [9.17, 15) is 10.1 Å². The lowest BCUT2D eigenvalue weighted by atomic mass is 9.95. The van der Waals surface area contributed by atoms with E-state index in [1.54, 1.807) is 24.3 Å². The molecule has 0 unspecified atom stereocenters. The number of fused-ring (bicyclic) bond motifs is 3. The van der Waals surface area contributed by atoms with Crippen LogP contribution in [0.3, 0.4) is 0 Å². The van der Waals surface area contributed by atoms with Crippen LogP contribution in [0, 0.1) is 28.6 Å². The van der Waals surface area contributed by atoms with E-state index in [-0.39, 0.29) is 49.1 Å². The van der Waals surface area contributed by atoms with Gasteiger partial charge in [0.05, 0.1) is 29.5 Å². The Bertz CT molecular complexity index is 2410. The van der Waals surface area contributed by atoms with Crippen molar-refractivity contribution in [1.29, 1.82) is 5.26 Å². The van der Waals surface area contributed by atoms with Gasteiger partial charge in [0, 0.05) is 49.5 Å². The van der Waals surface area contributed by atoms with Crippen molar-refractivity contribution in [3.8, 4) is 40.6 Å². The molecule has 1 atom stereocenters. The summed E-state index contributed by atoms with van der Waals surface area (Å²) >= 11 is 0. The van der Waals surface area contributed by atoms with E-state index in [0.29, 0.717) is 52.3 Å². The predicted molar refractivity (Wildman–Crippen MR) is 248 cm³/mol. The van der Waals surface area contributed by atoms with Crippen molar-refractivity contribution in [2.24, 2.45) is 0 Å². The van der Waals surface area contributed by atoms with Crippen LogP contribution in [0.5, 0.6) is 11.8 Å². The second-order valence-electron chi connectivity index (χ2n) is 19.4. The van der Waals surface area contributed by atoms with E-state index < -0.39 is 31.6 Å². The van der Waals surface area contributed by atoms with E-state index in [1.165, 1.54) is 0 Å². The standard InChI is InChI=1S/C49H64FN7O5Si/c1-32(2)63(33(3)4,34(5)6)25-17-35-14-11-15-36-26-38(61-31-59-10)27-39(41(35)36)43-42(50)44-40(28-52-43)45(54-46(53-44)60-30-49-18-12-21-56(49)22-13-19-49)55-23-24-57(37(29-55)16-20-51)47(58)62-48(7,8)9/h11,14-15,26-28,32-34,37H,12-13,16,18-19,21-24,29-31H2,1-10H3/t37-/m0/s1. The van der Waals surface area contributed by atoms with E-state index in [1.807, 2.05) is 49.9 Å². The number of carbonyl (C=O) groups is 1. The molecule has 7 rings (SSSR count). The first-order valence-electron chi connectivity index (χ1n) is 22.6. The minimum atomic E-state index is -2.13. The Morgan fingerprint density at radius 1 is 1.00 bits per heavy atom. The number of methoxy groups -OCH3 is 1. The molecule has 3 saturated heterocycles. The molecule has 0 bridgehead atoms. The minimum absolute atomic E-state index is 0.00749. The van der Waals surface area contributed by atoms with Crippen molar-refractivity contribution in [2.45, 2.75) is 128 Å². The number of nitriles is 1. The fourth-order valence-corrected chi connectivity index (χ4v) is 15.8. The summed E-state index contributed by atoms with van der Waals surface area (Å²) in [5.74, 6) is 3.94. The Hall–Kier alpha value is -5.02. The number of ether oxygens (including phenoxy) is 4. The number of amides is 1. The molecule has 1 amide bonds. The summed E-state index contributed by atoms with van der Waals surface area (Å²) in [7, 11) is -0.577. The van der Waals surface area contributed by atoms with Gasteiger partial charge in [-0.3, -0.25) is 9.88 Å². The molecule has 3 aliphatic heterocycles. The van der Waals surface area contributed by atoms with Crippen molar-refractivity contribution >= 4 is 41.7 Å². The smallest absolute Gasteiger partial charge is 0.410 e. The quantitative estimate of drug-likeness (QED) is 0.0767. The monoisotopic (exact) mass is 877 g/mol. The minimum Gasteiger partial charge on any atom is -0.468 e. The fourth-order valence-electron chi connectivity index (χ4n) is 10.6. The molecule has 12 nitrogen and oxygen atoms in total. The number of carbonyl (C=O) groups excluding carboxylic acids is 1. The Labute approximate surface area is 373 Å². The van der Waals surface area contributed by atoms with Gasteiger partial charge in [-0.15, -0.1) is 5.54 Å². The first kappa shape index (κ1) is 46.0. The highest BCUT2D eigenvalue weighted by molar-refractivity contribution is 6.90. The highest BCUT2D eigenvalue weighted by Crippen LogP contribution is 2.43. The van der Waals surface area contributed by atoms with Crippen molar-refractivity contribution < 1.29 is 28.1 Å². The number of nitrogens with zero attached hydrogens (tertiary/aromatic N) is 7. The third-order valence-corrected chi connectivity index (χ3v) is 19.8. The van der Waals surface area contributed by atoms with Gasteiger partial charge in [0.25, 0.3) is 0 Å². The Balaban J connectivity index is 1.39. The number of halogens is 1. The number of piperazine rings is 1. The van der Waals surface area contributed by atoms with Gasteiger partial charge in [0.15, 0.2) is 12.6 Å². The van der Waals surface area contributed by atoms with Gasteiger partial charge in [-0.1, -0.05) is 59.6 Å². The lowest BCUT2D eigenvalue weighted by Crippen LogP contribution is -2.56.